The van der Waals surface area contributed by atoms with Crippen LogP contribution in [0.2, 0.25) is 5.15 Å². The summed E-state index contributed by atoms with van der Waals surface area (Å²) in [6.07, 6.45) is 0. The molecule has 0 bridgehead atoms. The fourth-order valence-electron chi connectivity index (χ4n) is 3.70. The van der Waals surface area contributed by atoms with Crippen molar-refractivity contribution in [2.75, 3.05) is 25.0 Å². The van der Waals surface area contributed by atoms with E-state index in [4.69, 9.17) is 30.5 Å². The zero-order chi connectivity index (χ0) is 26.0. The summed E-state index contributed by atoms with van der Waals surface area (Å²) >= 11 is 6.28. The third-order valence-corrected chi connectivity index (χ3v) is 7.31. The molecule has 0 radical (unpaired) electrons. The third-order valence-electron chi connectivity index (χ3n) is 5.61. The standard InChI is InChI=1S/C26H21ClN2O7S/c1-33-20-7-4-17-12-18(25(27)28-22(17)13-20)15-36-26(30)16-2-5-19(6-3-16)29-37(31,32)21-8-9-23-24(14-21)35-11-10-34-23/h2-9,12-14,29H,10-11,15H2,1H3. The van der Waals surface area contributed by atoms with Crippen LogP contribution in [0.15, 0.2) is 71.6 Å². The molecule has 0 fully saturated rings. The SMILES string of the molecule is COc1ccc2cc(COC(=O)c3ccc(NS(=O)(=O)c4ccc5c(c4)OCCO5)cc3)c(Cl)nc2c1. The van der Waals surface area contributed by atoms with Crippen LogP contribution in [-0.2, 0) is 21.4 Å². The summed E-state index contributed by atoms with van der Waals surface area (Å²) in [7, 11) is -2.32. The van der Waals surface area contributed by atoms with Crippen molar-refractivity contribution in [3.05, 3.63) is 83.0 Å². The van der Waals surface area contributed by atoms with E-state index in [1.807, 2.05) is 6.07 Å². The van der Waals surface area contributed by atoms with Gasteiger partial charge in [-0.25, -0.2) is 18.2 Å². The van der Waals surface area contributed by atoms with Gasteiger partial charge in [0.2, 0.25) is 0 Å². The van der Waals surface area contributed by atoms with Crippen LogP contribution >= 0.6 is 11.6 Å². The highest BCUT2D eigenvalue weighted by atomic mass is 35.5. The van der Waals surface area contributed by atoms with Gasteiger partial charge in [-0.1, -0.05) is 11.6 Å². The zero-order valence-corrected chi connectivity index (χ0v) is 21.1. The van der Waals surface area contributed by atoms with Crippen LogP contribution in [0.4, 0.5) is 5.69 Å². The Kier molecular flexibility index (Phi) is 6.77. The van der Waals surface area contributed by atoms with Gasteiger partial charge in [0.1, 0.15) is 30.7 Å². The van der Waals surface area contributed by atoms with Crippen molar-refractivity contribution >= 4 is 44.2 Å². The van der Waals surface area contributed by atoms with Gasteiger partial charge < -0.3 is 18.9 Å². The molecule has 2 heterocycles. The third kappa shape index (κ3) is 5.40. The number of hydrogen-bond donors (Lipinski definition) is 1. The Hall–Kier alpha value is -4.02. The first-order valence-corrected chi connectivity index (χ1v) is 13.0. The average molecular weight is 541 g/mol. The molecule has 11 heteroatoms. The Bertz CT molecular complexity index is 1590. The number of halogens is 1. The number of methoxy groups -OCH3 is 1. The fraction of sp³-hybridized carbons (Fsp3) is 0.154. The molecule has 0 amide bonds. The number of nitrogens with zero attached hydrogens (tertiary/aromatic N) is 1. The smallest absolute Gasteiger partial charge is 0.338 e. The summed E-state index contributed by atoms with van der Waals surface area (Å²) in [6, 6.07) is 17.5. The second-order valence-electron chi connectivity index (χ2n) is 8.06. The molecule has 5 rings (SSSR count). The lowest BCUT2D eigenvalue weighted by Crippen LogP contribution is -2.17. The monoisotopic (exact) mass is 540 g/mol. The maximum atomic E-state index is 12.8. The normalized spacial score (nSPS) is 12.7. The number of hydrogen-bond acceptors (Lipinski definition) is 8. The van der Waals surface area contributed by atoms with Crippen molar-refractivity contribution < 1.29 is 32.2 Å². The van der Waals surface area contributed by atoms with E-state index in [9.17, 15) is 13.2 Å². The van der Waals surface area contributed by atoms with E-state index in [-0.39, 0.29) is 27.9 Å². The quantitative estimate of drug-likeness (QED) is 0.262. The molecule has 4 aromatic rings. The number of sulfonamides is 1. The molecule has 0 aliphatic carbocycles. The Morgan fingerprint density at radius 3 is 2.51 bits per heavy atom. The summed E-state index contributed by atoms with van der Waals surface area (Å²) in [5.74, 6) is 0.933. The van der Waals surface area contributed by atoms with Crippen LogP contribution in [0.1, 0.15) is 15.9 Å². The average Bonchev–Trinajstić information content (AvgIpc) is 2.91. The van der Waals surface area contributed by atoms with Gasteiger partial charge in [0.05, 0.1) is 23.1 Å². The van der Waals surface area contributed by atoms with Gasteiger partial charge >= 0.3 is 5.97 Å². The van der Waals surface area contributed by atoms with Crippen LogP contribution in [0.25, 0.3) is 10.9 Å². The van der Waals surface area contributed by atoms with Crippen molar-refractivity contribution in [1.82, 2.24) is 4.98 Å². The molecule has 3 aromatic carbocycles. The van der Waals surface area contributed by atoms with Crippen LogP contribution in [-0.4, -0.2) is 39.7 Å². The molecule has 9 nitrogen and oxygen atoms in total. The first-order valence-electron chi connectivity index (χ1n) is 11.2. The number of aromatic nitrogens is 1. The number of ether oxygens (including phenoxy) is 4. The second kappa shape index (κ2) is 10.2. The molecule has 190 valence electrons. The lowest BCUT2D eigenvalue weighted by Gasteiger charge is -2.19. The van der Waals surface area contributed by atoms with Gasteiger partial charge in [-0.15, -0.1) is 0 Å². The van der Waals surface area contributed by atoms with Gasteiger partial charge in [-0.05, 0) is 54.6 Å². The van der Waals surface area contributed by atoms with E-state index >= 15 is 0 Å². The van der Waals surface area contributed by atoms with E-state index in [1.54, 1.807) is 31.4 Å². The molecular weight excluding hydrogens is 520 g/mol. The Labute approximate surface area is 217 Å². The predicted octanol–water partition coefficient (Wildman–Crippen LogP) is 4.83. The molecule has 0 saturated heterocycles. The van der Waals surface area contributed by atoms with Gasteiger partial charge in [-0.3, -0.25) is 4.72 Å². The molecular formula is C26H21ClN2O7S. The fourth-order valence-corrected chi connectivity index (χ4v) is 4.98. The van der Waals surface area contributed by atoms with E-state index in [0.717, 1.165) is 5.39 Å². The van der Waals surface area contributed by atoms with E-state index in [0.29, 0.717) is 41.5 Å². The molecule has 1 aliphatic heterocycles. The first kappa shape index (κ1) is 24.7. The summed E-state index contributed by atoms with van der Waals surface area (Å²) < 4.78 is 49.6. The Balaban J connectivity index is 1.24. The number of rotatable bonds is 7. The van der Waals surface area contributed by atoms with Crippen molar-refractivity contribution in [2.24, 2.45) is 0 Å². The first-order chi connectivity index (χ1) is 17.8. The second-order valence-corrected chi connectivity index (χ2v) is 10.1. The van der Waals surface area contributed by atoms with Crippen molar-refractivity contribution in [1.29, 1.82) is 0 Å². The highest BCUT2D eigenvalue weighted by Gasteiger charge is 2.20. The molecule has 37 heavy (non-hydrogen) atoms. The van der Waals surface area contributed by atoms with E-state index in [1.165, 1.54) is 36.4 Å². The van der Waals surface area contributed by atoms with Crippen LogP contribution in [0.3, 0.4) is 0 Å². The maximum Gasteiger partial charge on any atom is 0.338 e. The maximum absolute atomic E-state index is 12.8. The molecule has 1 N–H and O–H groups in total. The number of carbonyl (C=O) groups excluding carboxylic acids is 1. The summed E-state index contributed by atoms with van der Waals surface area (Å²) in [4.78, 5) is 16.9. The molecule has 0 unspecified atom stereocenters. The topological polar surface area (TPSA) is 113 Å². The number of pyridine rings is 1. The number of esters is 1. The minimum atomic E-state index is -3.88. The molecule has 0 spiro atoms. The summed E-state index contributed by atoms with van der Waals surface area (Å²) in [6.45, 7) is 0.680. The van der Waals surface area contributed by atoms with E-state index < -0.39 is 16.0 Å². The van der Waals surface area contributed by atoms with Crippen molar-refractivity contribution in [2.45, 2.75) is 11.5 Å². The number of benzene rings is 3. The zero-order valence-electron chi connectivity index (χ0n) is 19.6. The van der Waals surface area contributed by atoms with E-state index in [2.05, 4.69) is 9.71 Å². The van der Waals surface area contributed by atoms with Crippen LogP contribution in [0.5, 0.6) is 17.2 Å². The highest BCUT2D eigenvalue weighted by molar-refractivity contribution is 7.92. The number of carbonyl (C=O) groups is 1. The number of fused-ring (bicyclic) bond motifs is 2. The minimum Gasteiger partial charge on any atom is -0.497 e. The van der Waals surface area contributed by atoms with Gasteiger partial charge in [-0.2, -0.15) is 0 Å². The summed E-state index contributed by atoms with van der Waals surface area (Å²) in [5.41, 5.74) is 1.74. The predicted molar refractivity (Wildman–Crippen MR) is 137 cm³/mol. The Morgan fingerprint density at radius 1 is 1.00 bits per heavy atom. The van der Waals surface area contributed by atoms with Crippen LogP contribution < -0.4 is 18.9 Å². The minimum absolute atomic E-state index is 0.0274. The Morgan fingerprint density at radius 2 is 1.76 bits per heavy atom. The molecule has 0 atom stereocenters. The molecule has 1 aromatic heterocycles. The number of nitrogens with one attached hydrogen (secondary N) is 1. The largest absolute Gasteiger partial charge is 0.497 e. The van der Waals surface area contributed by atoms with Gasteiger partial charge in [0.25, 0.3) is 10.0 Å². The lowest BCUT2D eigenvalue weighted by molar-refractivity contribution is 0.0472. The highest BCUT2D eigenvalue weighted by Crippen LogP contribution is 2.33. The molecule has 0 saturated carbocycles. The van der Waals surface area contributed by atoms with Gasteiger partial charge in [0, 0.05) is 28.8 Å². The van der Waals surface area contributed by atoms with Crippen molar-refractivity contribution in [3.63, 3.8) is 0 Å². The van der Waals surface area contributed by atoms with Crippen molar-refractivity contribution in [3.8, 4) is 17.2 Å². The molecule has 1 aliphatic rings. The van der Waals surface area contributed by atoms with Gasteiger partial charge in [0.15, 0.2) is 11.5 Å². The number of anilines is 1. The van der Waals surface area contributed by atoms with Crippen LogP contribution in [0, 0.1) is 0 Å². The lowest BCUT2D eigenvalue weighted by atomic mass is 10.1. The summed E-state index contributed by atoms with van der Waals surface area (Å²) in [5, 5.41) is 1.04.